The van der Waals surface area contributed by atoms with Gasteiger partial charge in [0.05, 0.1) is 4.92 Å². The monoisotopic (exact) mass is 276 g/mol. The van der Waals surface area contributed by atoms with E-state index in [2.05, 4.69) is 22.2 Å². The zero-order valence-electron chi connectivity index (χ0n) is 11.7. The van der Waals surface area contributed by atoms with Gasteiger partial charge in [0.25, 0.3) is 5.69 Å². The zero-order chi connectivity index (χ0) is 14.1. The van der Waals surface area contributed by atoms with E-state index in [0.29, 0.717) is 18.1 Å². The maximum atomic E-state index is 10.6. The molecule has 1 aromatic heterocycles. The van der Waals surface area contributed by atoms with Crippen LogP contribution in [-0.2, 0) is 0 Å². The lowest BCUT2D eigenvalue weighted by Crippen LogP contribution is -2.52. The fraction of sp³-hybridized carbons (Fsp3) is 0.643. The molecule has 2 unspecified atom stereocenters. The average molecular weight is 276 g/mol. The second-order valence-electron chi connectivity index (χ2n) is 5.88. The van der Waals surface area contributed by atoms with E-state index >= 15 is 0 Å². The van der Waals surface area contributed by atoms with E-state index < -0.39 is 4.92 Å². The average Bonchev–Trinajstić information content (AvgIpc) is 2.40. The van der Waals surface area contributed by atoms with E-state index in [0.717, 1.165) is 18.7 Å². The molecule has 2 atom stereocenters. The highest BCUT2D eigenvalue weighted by Gasteiger charge is 2.35. The van der Waals surface area contributed by atoms with Gasteiger partial charge in [-0.2, -0.15) is 0 Å². The van der Waals surface area contributed by atoms with Crippen molar-refractivity contribution in [2.45, 2.75) is 50.2 Å². The summed E-state index contributed by atoms with van der Waals surface area (Å²) in [6.07, 6.45) is 7.47. The lowest BCUT2D eigenvalue weighted by molar-refractivity contribution is -0.385. The molecule has 3 heterocycles. The van der Waals surface area contributed by atoms with Crippen LogP contribution in [0.25, 0.3) is 0 Å². The molecule has 2 fully saturated rings. The highest BCUT2D eigenvalue weighted by Crippen LogP contribution is 2.33. The highest BCUT2D eigenvalue weighted by atomic mass is 16.6. The SMILES string of the molecule is CN1C2CCCC1CC(Nc1ccc([N+](=O)[O-])cn1)C2. The van der Waals surface area contributed by atoms with Gasteiger partial charge in [-0.3, -0.25) is 10.1 Å². The predicted octanol–water partition coefficient (Wildman–Crippen LogP) is 2.42. The Kier molecular flexibility index (Phi) is 3.56. The maximum absolute atomic E-state index is 10.6. The van der Waals surface area contributed by atoms with Crippen molar-refractivity contribution in [3.8, 4) is 0 Å². The molecule has 0 radical (unpaired) electrons. The molecule has 2 bridgehead atoms. The third-order valence-corrected chi connectivity index (χ3v) is 4.65. The van der Waals surface area contributed by atoms with Crippen LogP contribution in [0.2, 0.25) is 0 Å². The summed E-state index contributed by atoms with van der Waals surface area (Å²) in [5.74, 6) is 0.739. The minimum atomic E-state index is -0.420. The first-order chi connectivity index (χ1) is 9.63. The van der Waals surface area contributed by atoms with Gasteiger partial charge in [0.15, 0.2) is 0 Å². The third kappa shape index (κ3) is 2.60. The molecule has 0 saturated carbocycles. The lowest BCUT2D eigenvalue weighted by atomic mass is 9.82. The van der Waals surface area contributed by atoms with Crippen LogP contribution in [0.1, 0.15) is 32.1 Å². The third-order valence-electron chi connectivity index (χ3n) is 4.65. The molecule has 2 saturated heterocycles. The van der Waals surface area contributed by atoms with Crippen LogP contribution in [0, 0.1) is 10.1 Å². The number of pyridine rings is 1. The molecule has 6 heteroatoms. The summed E-state index contributed by atoms with van der Waals surface area (Å²) in [4.78, 5) is 16.8. The predicted molar refractivity (Wildman–Crippen MR) is 76.7 cm³/mol. The van der Waals surface area contributed by atoms with Crippen molar-refractivity contribution in [1.29, 1.82) is 0 Å². The van der Waals surface area contributed by atoms with Gasteiger partial charge in [0.2, 0.25) is 0 Å². The number of nitrogens with zero attached hydrogens (tertiary/aromatic N) is 3. The first-order valence-corrected chi connectivity index (χ1v) is 7.22. The summed E-state index contributed by atoms with van der Waals surface area (Å²) in [5, 5.41) is 14.0. The summed E-state index contributed by atoms with van der Waals surface area (Å²) in [7, 11) is 2.23. The molecule has 2 aliphatic rings. The number of hydrogen-bond acceptors (Lipinski definition) is 5. The van der Waals surface area contributed by atoms with E-state index in [-0.39, 0.29) is 5.69 Å². The van der Waals surface area contributed by atoms with Crippen LogP contribution in [0.3, 0.4) is 0 Å². The van der Waals surface area contributed by atoms with Crippen LogP contribution in [0.15, 0.2) is 18.3 Å². The Morgan fingerprint density at radius 1 is 1.35 bits per heavy atom. The number of nitro groups is 1. The van der Waals surface area contributed by atoms with Crippen molar-refractivity contribution >= 4 is 11.5 Å². The van der Waals surface area contributed by atoms with Gasteiger partial charge in [-0.25, -0.2) is 4.98 Å². The number of fused-ring (bicyclic) bond motifs is 2. The Balaban J connectivity index is 1.65. The van der Waals surface area contributed by atoms with Crippen molar-refractivity contribution in [3.63, 3.8) is 0 Å². The summed E-state index contributed by atoms with van der Waals surface area (Å²) in [5.41, 5.74) is 0.0378. The van der Waals surface area contributed by atoms with E-state index in [9.17, 15) is 10.1 Å². The summed E-state index contributed by atoms with van der Waals surface area (Å²) < 4.78 is 0. The Morgan fingerprint density at radius 3 is 2.60 bits per heavy atom. The topological polar surface area (TPSA) is 71.3 Å². The highest BCUT2D eigenvalue weighted by molar-refractivity contribution is 5.41. The Morgan fingerprint density at radius 2 is 2.05 bits per heavy atom. The minimum Gasteiger partial charge on any atom is -0.367 e. The molecule has 6 nitrogen and oxygen atoms in total. The molecule has 20 heavy (non-hydrogen) atoms. The summed E-state index contributed by atoms with van der Waals surface area (Å²) in [6, 6.07) is 4.96. The number of aromatic nitrogens is 1. The molecular weight excluding hydrogens is 256 g/mol. The van der Waals surface area contributed by atoms with Crippen molar-refractivity contribution in [2.24, 2.45) is 0 Å². The van der Waals surface area contributed by atoms with Crippen LogP contribution in [-0.4, -0.2) is 40.0 Å². The number of hydrogen-bond donors (Lipinski definition) is 1. The van der Waals surface area contributed by atoms with Crippen molar-refractivity contribution < 1.29 is 4.92 Å². The second-order valence-corrected chi connectivity index (χ2v) is 5.88. The van der Waals surface area contributed by atoms with E-state index in [1.54, 1.807) is 6.07 Å². The summed E-state index contributed by atoms with van der Waals surface area (Å²) >= 11 is 0. The molecular formula is C14H20N4O2. The van der Waals surface area contributed by atoms with Gasteiger partial charge >= 0.3 is 0 Å². The van der Waals surface area contributed by atoms with Crippen molar-refractivity contribution in [3.05, 3.63) is 28.4 Å². The number of anilines is 1. The number of piperidine rings is 2. The minimum absolute atomic E-state index is 0.0378. The van der Waals surface area contributed by atoms with E-state index in [1.165, 1.54) is 31.5 Å². The molecule has 108 valence electrons. The zero-order valence-corrected chi connectivity index (χ0v) is 11.7. The van der Waals surface area contributed by atoms with Crippen molar-refractivity contribution in [2.75, 3.05) is 12.4 Å². The molecule has 0 aliphatic carbocycles. The van der Waals surface area contributed by atoms with Gasteiger partial charge in [0, 0.05) is 24.2 Å². The van der Waals surface area contributed by atoms with Gasteiger partial charge < -0.3 is 10.2 Å². The lowest BCUT2D eigenvalue weighted by Gasteiger charge is -2.47. The van der Waals surface area contributed by atoms with Crippen molar-refractivity contribution in [1.82, 2.24) is 9.88 Å². The normalized spacial score (nSPS) is 29.9. The first kappa shape index (κ1) is 13.3. The quantitative estimate of drug-likeness (QED) is 0.678. The second kappa shape index (κ2) is 5.36. The molecule has 0 aromatic carbocycles. The smallest absolute Gasteiger partial charge is 0.287 e. The molecule has 1 N–H and O–H groups in total. The molecule has 2 aliphatic heterocycles. The fourth-order valence-electron chi connectivity index (χ4n) is 3.52. The Labute approximate surface area is 118 Å². The Hall–Kier alpha value is -1.69. The molecule has 0 spiro atoms. The molecule has 0 amide bonds. The van der Waals surface area contributed by atoms with Gasteiger partial charge in [0.1, 0.15) is 12.0 Å². The van der Waals surface area contributed by atoms with Crippen LogP contribution < -0.4 is 5.32 Å². The van der Waals surface area contributed by atoms with E-state index in [4.69, 9.17) is 0 Å². The maximum Gasteiger partial charge on any atom is 0.287 e. The van der Waals surface area contributed by atoms with E-state index in [1.807, 2.05) is 0 Å². The molecule has 3 rings (SSSR count). The first-order valence-electron chi connectivity index (χ1n) is 7.22. The largest absolute Gasteiger partial charge is 0.367 e. The molecule has 1 aromatic rings. The standard InChI is InChI=1S/C14H20N4O2/c1-17-11-3-2-4-12(17)8-10(7-11)16-14-6-5-13(9-15-14)18(19)20/h5-6,9-12H,2-4,7-8H2,1H3,(H,15,16). The summed E-state index contributed by atoms with van der Waals surface area (Å²) in [6.45, 7) is 0. The van der Waals surface area contributed by atoms with Crippen LogP contribution in [0.5, 0.6) is 0 Å². The van der Waals surface area contributed by atoms with Crippen LogP contribution in [0.4, 0.5) is 11.5 Å². The van der Waals surface area contributed by atoms with Gasteiger partial charge in [-0.05, 0) is 38.8 Å². The van der Waals surface area contributed by atoms with Gasteiger partial charge in [-0.15, -0.1) is 0 Å². The number of rotatable bonds is 3. The number of nitrogens with one attached hydrogen (secondary N) is 1. The van der Waals surface area contributed by atoms with Gasteiger partial charge in [-0.1, -0.05) is 6.42 Å². The fourth-order valence-corrected chi connectivity index (χ4v) is 3.52. The Bertz CT molecular complexity index is 476. The van der Waals surface area contributed by atoms with Crippen LogP contribution >= 0.6 is 0 Å².